The summed E-state index contributed by atoms with van der Waals surface area (Å²) in [4.78, 5) is 4.75. The fourth-order valence-corrected chi connectivity index (χ4v) is 4.09. The van der Waals surface area contributed by atoms with Crippen LogP contribution in [0.2, 0.25) is 10.0 Å². The molecule has 30 heavy (non-hydrogen) atoms. The molecule has 0 bridgehead atoms. The summed E-state index contributed by atoms with van der Waals surface area (Å²) in [6.07, 6.45) is 2.12. The highest BCUT2D eigenvalue weighted by molar-refractivity contribution is 9.10. The Kier molecular flexibility index (Phi) is 5.11. The van der Waals surface area contributed by atoms with E-state index in [0.717, 1.165) is 26.9 Å². The first kappa shape index (κ1) is 19.4. The first-order chi connectivity index (χ1) is 14.6. The van der Waals surface area contributed by atoms with E-state index in [9.17, 15) is 0 Å². The summed E-state index contributed by atoms with van der Waals surface area (Å²) >= 11 is 16.1. The van der Waals surface area contributed by atoms with Crippen molar-refractivity contribution in [2.75, 3.05) is 5.32 Å². The SMILES string of the molecule is Clc1ccc(-c2nc3n(n2)[C@H](c2ccccc2Cl)C=C(c2ccc(Br)cc2)N3)cc1. The molecule has 148 valence electrons. The Morgan fingerprint density at radius 1 is 0.867 bits per heavy atom. The fraction of sp³-hybridized carbons (Fsp3) is 0.0435. The van der Waals surface area contributed by atoms with Crippen molar-refractivity contribution >= 4 is 50.8 Å². The topological polar surface area (TPSA) is 42.7 Å². The smallest absolute Gasteiger partial charge is 0.227 e. The minimum atomic E-state index is -0.192. The molecule has 1 atom stereocenters. The Morgan fingerprint density at radius 2 is 1.57 bits per heavy atom. The van der Waals surface area contributed by atoms with E-state index in [0.29, 0.717) is 21.8 Å². The predicted octanol–water partition coefficient (Wildman–Crippen LogP) is 7.07. The summed E-state index contributed by atoms with van der Waals surface area (Å²) in [6, 6.07) is 23.3. The highest BCUT2D eigenvalue weighted by Gasteiger charge is 2.27. The van der Waals surface area contributed by atoms with Crippen molar-refractivity contribution in [1.82, 2.24) is 14.8 Å². The molecule has 3 aromatic carbocycles. The molecule has 1 aliphatic rings. The maximum absolute atomic E-state index is 6.55. The van der Waals surface area contributed by atoms with Crippen LogP contribution in [0.25, 0.3) is 17.1 Å². The normalized spacial score (nSPS) is 15.3. The van der Waals surface area contributed by atoms with Crippen LogP contribution in [-0.2, 0) is 0 Å². The van der Waals surface area contributed by atoms with E-state index in [1.807, 2.05) is 65.3 Å². The Morgan fingerprint density at radius 3 is 2.30 bits per heavy atom. The number of hydrogen-bond acceptors (Lipinski definition) is 3. The van der Waals surface area contributed by atoms with Gasteiger partial charge in [-0.2, -0.15) is 4.98 Å². The van der Waals surface area contributed by atoms with Crippen molar-refractivity contribution in [2.45, 2.75) is 6.04 Å². The van der Waals surface area contributed by atoms with Gasteiger partial charge in [-0.3, -0.25) is 0 Å². The largest absolute Gasteiger partial charge is 0.324 e. The summed E-state index contributed by atoms with van der Waals surface area (Å²) in [5.41, 5.74) is 3.86. The molecule has 0 spiro atoms. The average molecular weight is 498 g/mol. The molecule has 1 N–H and O–H groups in total. The van der Waals surface area contributed by atoms with Gasteiger partial charge in [0.1, 0.15) is 6.04 Å². The zero-order valence-corrected chi connectivity index (χ0v) is 18.7. The molecule has 7 heteroatoms. The van der Waals surface area contributed by atoms with Crippen molar-refractivity contribution in [1.29, 1.82) is 0 Å². The number of nitrogens with one attached hydrogen (secondary N) is 1. The Labute approximate surface area is 192 Å². The van der Waals surface area contributed by atoms with Crippen LogP contribution in [0.5, 0.6) is 0 Å². The quantitative estimate of drug-likeness (QED) is 0.329. The van der Waals surface area contributed by atoms with Crippen LogP contribution >= 0.6 is 39.1 Å². The molecule has 5 rings (SSSR count). The summed E-state index contributed by atoms with van der Waals surface area (Å²) in [6.45, 7) is 0. The van der Waals surface area contributed by atoms with Crippen molar-refractivity contribution in [3.63, 3.8) is 0 Å². The predicted molar refractivity (Wildman–Crippen MR) is 126 cm³/mol. The van der Waals surface area contributed by atoms with Crippen LogP contribution in [0.15, 0.2) is 83.3 Å². The number of rotatable bonds is 3. The molecule has 0 unspecified atom stereocenters. The van der Waals surface area contributed by atoms with Crippen LogP contribution in [0.1, 0.15) is 17.2 Å². The zero-order chi connectivity index (χ0) is 20.7. The monoisotopic (exact) mass is 496 g/mol. The molecule has 0 aliphatic carbocycles. The number of benzene rings is 3. The molecule has 0 saturated heterocycles. The van der Waals surface area contributed by atoms with E-state index in [4.69, 9.17) is 33.3 Å². The maximum atomic E-state index is 6.55. The Balaban J connectivity index is 1.64. The molecule has 1 aliphatic heterocycles. The maximum Gasteiger partial charge on any atom is 0.227 e. The lowest BCUT2D eigenvalue weighted by Crippen LogP contribution is -2.20. The second-order valence-electron chi connectivity index (χ2n) is 6.89. The fourth-order valence-electron chi connectivity index (χ4n) is 3.45. The molecule has 4 nitrogen and oxygen atoms in total. The van der Waals surface area contributed by atoms with Gasteiger partial charge in [-0.1, -0.05) is 69.5 Å². The molecule has 0 radical (unpaired) electrons. The van der Waals surface area contributed by atoms with Gasteiger partial charge in [0.2, 0.25) is 5.95 Å². The highest BCUT2D eigenvalue weighted by atomic mass is 79.9. The van der Waals surface area contributed by atoms with Gasteiger partial charge < -0.3 is 5.32 Å². The van der Waals surface area contributed by atoms with Gasteiger partial charge in [-0.15, -0.1) is 5.10 Å². The molecule has 4 aromatic rings. The second-order valence-corrected chi connectivity index (χ2v) is 8.65. The summed E-state index contributed by atoms with van der Waals surface area (Å²) in [5.74, 6) is 1.28. The lowest BCUT2D eigenvalue weighted by molar-refractivity contribution is 0.613. The number of fused-ring (bicyclic) bond motifs is 1. The summed E-state index contributed by atoms with van der Waals surface area (Å²) < 4.78 is 2.89. The third kappa shape index (κ3) is 3.65. The minimum Gasteiger partial charge on any atom is -0.324 e. The summed E-state index contributed by atoms with van der Waals surface area (Å²) in [5, 5.41) is 9.56. The van der Waals surface area contributed by atoms with E-state index < -0.39 is 0 Å². The Hall–Kier alpha value is -2.60. The molecule has 0 saturated carbocycles. The minimum absolute atomic E-state index is 0.192. The van der Waals surface area contributed by atoms with E-state index >= 15 is 0 Å². The third-order valence-electron chi connectivity index (χ3n) is 4.95. The lowest BCUT2D eigenvalue weighted by atomic mass is 10.0. The van der Waals surface area contributed by atoms with E-state index in [1.165, 1.54) is 0 Å². The van der Waals surface area contributed by atoms with Crippen LogP contribution in [0.4, 0.5) is 5.95 Å². The molecule has 1 aromatic heterocycles. The van der Waals surface area contributed by atoms with Crippen molar-refractivity contribution in [2.24, 2.45) is 0 Å². The molecular formula is C23H15BrCl2N4. The van der Waals surface area contributed by atoms with Crippen molar-refractivity contribution in [3.8, 4) is 11.4 Å². The molecule has 2 heterocycles. The Bertz CT molecular complexity index is 1250. The van der Waals surface area contributed by atoms with Gasteiger partial charge in [0, 0.05) is 25.8 Å². The number of nitrogens with zero attached hydrogens (tertiary/aromatic N) is 3. The number of halogens is 3. The van der Waals surface area contributed by atoms with E-state index in [2.05, 4.69) is 39.5 Å². The summed E-state index contributed by atoms with van der Waals surface area (Å²) in [7, 11) is 0. The van der Waals surface area contributed by atoms with Gasteiger partial charge >= 0.3 is 0 Å². The van der Waals surface area contributed by atoms with Crippen LogP contribution < -0.4 is 5.32 Å². The number of anilines is 1. The molecule has 0 amide bonds. The lowest BCUT2D eigenvalue weighted by Gasteiger charge is -2.25. The first-order valence-corrected chi connectivity index (χ1v) is 10.8. The van der Waals surface area contributed by atoms with Gasteiger partial charge in [-0.25, -0.2) is 4.68 Å². The van der Waals surface area contributed by atoms with Crippen molar-refractivity contribution < 1.29 is 0 Å². The molecule has 0 fully saturated rings. The van der Waals surface area contributed by atoms with Gasteiger partial charge in [0.25, 0.3) is 0 Å². The van der Waals surface area contributed by atoms with Crippen LogP contribution in [-0.4, -0.2) is 14.8 Å². The van der Waals surface area contributed by atoms with Gasteiger partial charge in [0.05, 0.1) is 0 Å². The second kappa shape index (κ2) is 7.91. The number of hydrogen-bond donors (Lipinski definition) is 1. The van der Waals surface area contributed by atoms with Crippen molar-refractivity contribution in [3.05, 3.63) is 105 Å². The first-order valence-electron chi connectivity index (χ1n) is 9.30. The number of aromatic nitrogens is 3. The van der Waals surface area contributed by atoms with Gasteiger partial charge in [-0.05, 0) is 59.7 Å². The standard InChI is InChI=1S/C23H15BrCl2N4/c24-16-9-5-14(6-10-16)20-13-21(18-3-1-2-4-19(18)26)30-23(27-20)28-22(29-30)15-7-11-17(25)12-8-15/h1-13,21H,(H,27,28,29)/t21-/m0/s1. The third-order valence-corrected chi connectivity index (χ3v) is 6.07. The van der Waals surface area contributed by atoms with E-state index in [-0.39, 0.29) is 6.04 Å². The van der Waals surface area contributed by atoms with Crippen LogP contribution in [0, 0.1) is 0 Å². The average Bonchev–Trinajstić information content (AvgIpc) is 3.19. The zero-order valence-electron chi connectivity index (χ0n) is 15.6. The van der Waals surface area contributed by atoms with Gasteiger partial charge in [0.15, 0.2) is 5.82 Å². The van der Waals surface area contributed by atoms with Crippen LogP contribution in [0.3, 0.4) is 0 Å². The molecular weight excluding hydrogens is 483 g/mol. The number of allylic oxidation sites excluding steroid dienone is 1. The highest BCUT2D eigenvalue weighted by Crippen LogP contribution is 2.36. The van der Waals surface area contributed by atoms with E-state index in [1.54, 1.807) is 0 Å².